The van der Waals surface area contributed by atoms with Crippen molar-refractivity contribution in [3.63, 3.8) is 0 Å². The van der Waals surface area contributed by atoms with Crippen molar-refractivity contribution >= 4 is 15.8 Å². The maximum absolute atomic E-state index is 12.3. The van der Waals surface area contributed by atoms with Crippen molar-refractivity contribution < 1.29 is 27.8 Å². The third-order valence-corrected chi connectivity index (χ3v) is 6.57. The van der Waals surface area contributed by atoms with E-state index in [4.69, 9.17) is 9.47 Å². The first-order valence-electron chi connectivity index (χ1n) is 6.93. The number of carboxylic acid groups (broad SMARTS) is 1. The van der Waals surface area contributed by atoms with Crippen LogP contribution in [0.5, 0.6) is 5.75 Å². The van der Waals surface area contributed by atoms with E-state index in [1.54, 1.807) is 24.3 Å². The van der Waals surface area contributed by atoms with E-state index >= 15 is 0 Å². The molecule has 3 atom stereocenters. The van der Waals surface area contributed by atoms with Crippen molar-refractivity contribution in [1.29, 1.82) is 0 Å². The van der Waals surface area contributed by atoms with Crippen LogP contribution in [-0.4, -0.2) is 51.3 Å². The van der Waals surface area contributed by atoms with Crippen LogP contribution in [0.15, 0.2) is 24.3 Å². The second kappa shape index (κ2) is 5.89. The number of benzene rings is 1. The maximum Gasteiger partial charge on any atom is 0.314 e. The molecule has 1 aromatic carbocycles. The summed E-state index contributed by atoms with van der Waals surface area (Å²) in [7, 11) is -0.596. The van der Waals surface area contributed by atoms with Crippen LogP contribution >= 0.6 is 0 Å². The van der Waals surface area contributed by atoms with Crippen molar-refractivity contribution in [2.75, 3.05) is 26.6 Å². The van der Waals surface area contributed by atoms with Crippen LogP contribution in [0.2, 0.25) is 0 Å². The van der Waals surface area contributed by atoms with E-state index in [2.05, 4.69) is 0 Å². The third kappa shape index (κ3) is 2.48. The molecular weight excluding hydrogens is 308 g/mol. The van der Waals surface area contributed by atoms with Crippen LogP contribution < -0.4 is 4.74 Å². The van der Waals surface area contributed by atoms with E-state index in [1.807, 2.05) is 0 Å². The number of ether oxygens (including phenoxy) is 2. The fourth-order valence-corrected chi connectivity index (χ4v) is 5.17. The minimum Gasteiger partial charge on any atom is -0.497 e. The smallest absolute Gasteiger partial charge is 0.314 e. The Morgan fingerprint density at radius 3 is 2.27 bits per heavy atom. The fourth-order valence-electron chi connectivity index (χ4n) is 3.12. The Morgan fingerprint density at radius 2 is 1.86 bits per heavy atom. The first-order chi connectivity index (χ1) is 10.3. The highest BCUT2D eigenvalue weighted by Crippen LogP contribution is 2.63. The molecule has 3 unspecified atom stereocenters. The molecule has 1 fully saturated rings. The van der Waals surface area contributed by atoms with Gasteiger partial charge in [0.2, 0.25) is 0 Å². The lowest BCUT2D eigenvalue weighted by atomic mass is 10.00. The Bertz CT molecular complexity index is 651. The van der Waals surface area contributed by atoms with Crippen molar-refractivity contribution in [3.05, 3.63) is 29.8 Å². The Kier molecular flexibility index (Phi) is 4.49. The number of carboxylic acids is 1. The van der Waals surface area contributed by atoms with Gasteiger partial charge in [-0.3, -0.25) is 4.79 Å². The molecule has 1 saturated carbocycles. The average Bonchev–Trinajstić information content (AvgIpc) is 3.19. The lowest BCUT2D eigenvalue weighted by molar-refractivity contribution is -0.145. The summed E-state index contributed by atoms with van der Waals surface area (Å²) in [5.41, 5.74) is -0.750. The largest absolute Gasteiger partial charge is 0.497 e. The molecule has 0 bridgehead atoms. The van der Waals surface area contributed by atoms with Gasteiger partial charge < -0.3 is 14.6 Å². The lowest BCUT2D eigenvalue weighted by Gasteiger charge is -2.11. The summed E-state index contributed by atoms with van der Waals surface area (Å²) in [4.78, 5) is 11.8. The molecule has 0 aromatic heterocycles. The number of rotatable bonds is 7. The van der Waals surface area contributed by atoms with E-state index in [1.165, 1.54) is 21.1 Å². The summed E-state index contributed by atoms with van der Waals surface area (Å²) >= 11 is 0. The van der Waals surface area contributed by atoms with Gasteiger partial charge in [-0.15, -0.1) is 0 Å². The van der Waals surface area contributed by atoms with Gasteiger partial charge >= 0.3 is 5.97 Å². The van der Waals surface area contributed by atoms with E-state index < -0.39 is 32.4 Å². The standard InChI is InChI=1S/C15H20O6S/c1-4-22(18,19)13-12(15(13,9-20-2)14(16)17)10-5-7-11(21-3)8-6-10/h5-8,12-13H,4,9H2,1-3H3,(H,16,17). The van der Waals surface area contributed by atoms with Gasteiger partial charge in [0.05, 0.1) is 19.0 Å². The Morgan fingerprint density at radius 1 is 1.27 bits per heavy atom. The lowest BCUT2D eigenvalue weighted by Crippen LogP contribution is -2.29. The molecule has 7 heteroatoms. The molecule has 22 heavy (non-hydrogen) atoms. The molecule has 0 saturated heterocycles. The Hall–Kier alpha value is -1.60. The number of carbonyl (C=O) groups is 1. The monoisotopic (exact) mass is 328 g/mol. The molecule has 122 valence electrons. The van der Waals surface area contributed by atoms with E-state index in [9.17, 15) is 18.3 Å². The van der Waals surface area contributed by atoms with Crippen molar-refractivity contribution in [3.8, 4) is 5.75 Å². The van der Waals surface area contributed by atoms with E-state index in [0.29, 0.717) is 11.3 Å². The molecule has 1 N–H and O–H groups in total. The summed E-state index contributed by atoms with van der Waals surface area (Å²) in [5.74, 6) is -1.21. The molecule has 0 amide bonds. The number of hydrogen-bond donors (Lipinski definition) is 1. The van der Waals surface area contributed by atoms with Crippen LogP contribution in [0.3, 0.4) is 0 Å². The molecule has 0 radical (unpaired) electrons. The van der Waals surface area contributed by atoms with Crippen LogP contribution in [0.25, 0.3) is 0 Å². The normalized spacial score (nSPS) is 27.4. The van der Waals surface area contributed by atoms with Gasteiger partial charge in [-0.2, -0.15) is 0 Å². The van der Waals surface area contributed by atoms with Crippen molar-refractivity contribution in [1.82, 2.24) is 0 Å². The molecule has 2 rings (SSSR count). The molecular formula is C15H20O6S. The zero-order valence-electron chi connectivity index (χ0n) is 12.8. The highest BCUT2D eigenvalue weighted by molar-refractivity contribution is 7.92. The number of hydrogen-bond acceptors (Lipinski definition) is 5. The summed E-state index contributed by atoms with van der Waals surface area (Å²) < 4.78 is 34.7. The van der Waals surface area contributed by atoms with Gasteiger partial charge in [-0.25, -0.2) is 8.42 Å². The highest BCUT2D eigenvalue weighted by Gasteiger charge is 2.75. The van der Waals surface area contributed by atoms with E-state index in [0.717, 1.165) is 0 Å². The number of methoxy groups -OCH3 is 2. The van der Waals surface area contributed by atoms with Gasteiger partial charge in [-0.05, 0) is 17.7 Å². The van der Waals surface area contributed by atoms with Gasteiger partial charge in [0.25, 0.3) is 0 Å². The van der Waals surface area contributed by atoms with Crippen LogP contribution in [-0.2, 0) is 19.4 Å². The van der Waals surface area contributed by atoms with Gasteiger partial charge in [0.15, 0.2) is 9.84 Å². The van der Waals surface area contributed by atoms with Crippen LogP contribution in [0.4, 0.5) is 0 Å². The highest BCUT2D eigenvalue weighted by atomic mass is 32.2. The molecule has 1 aromatic rings. The van der Waals surface area contributed by atoms with E-state index in [-0.39, 0.29) is 12.4 Å². The first kappa shape index (κ1) is 16.8. The summed E-state index contributed by atoms with van der Waals surface area (Å²) in [6.45, 7) is 1.39. The quantitative estimate of drug-likeness (QED) is 0.812. The summed E-state index contributed by atoms with van der Waals surface area (Å²) in [6.07, 6.45) is 0. The first-order valence-corrected chi connectivity index (χ1v) is 8.64. The van der Waals surface area contributed by atoms with Gasteiger partial charge in [0, 0.05) is 18.8 Å². The SMILES string of the molecule is CCS(=O)(=O)C1C(c2ccc(OC)cc2)C1(COC)C(=O)O. The second-order valence-electron chi connectivity index (χ2n) is 5.40. The molecule has 1 aliphatic rings. The van der Waals surface area contributed by atoms with Crippen molar-refractivity contribution in [2.24, 2.45) is 5.41 Å². The zero-order chi connectivity index (χ0) is 16.5. The van der Waals surface area contributed by atoms with Gasteiger partial charge in [0.1, 0.15) is 11.2 Å². The van der Waals surface area contributed by atoms with Crippen molar-refractivity contribution in [2.45, 2.75) is 18.1 Å². The average molecular weight is 328 g/mol. The molecule has 1 aliphatic carbocycles. The summed E-state index contributed by atoms with van der Waals surface area (Å²) in [5, 5.41) is 8.67. The number of aliphatic carboxylic acids is 1. The summed E-state index contributed by atoms with van der Waals surface area (Å²) in [6, 6.07) is 6.81. The van der Waals surface area contributed by atoms with Crippen LogP contribution in [0, 0.1) is 5.41 Å². The predicted octanol–water partition coefficient (Wildman–Crippen LogP) is 1.31. The zero-order valence-corrected chi connectivity index (χ0v) is 13.6. The van der Waals surface area contributed by atoms with Gasteiger partial charge in [-0.1, -0.05) is 19.1 Å². The minimum atomic E-state index is -3.50. The molecule has 0 aliphatic heterocycles. The maximum atomic E-state index is 12.3. The topological polar surface area (TPSA) is 89.9 Å². The molecule has 0 spiro atoms. The molecule has 0 heterocycles. The predicted molar refractivity (Wildman–Crippen MR) is 80.9 cm³/mol. The minimum absolute atomic E-state index is 0.0942. The number of sulfone groups is 1. The second-order valence-corrected chi connectivity index (χ2v) is 7.81. The van der Waals surface area contributed by atoms with Crippen LogP contribution in [0.1, 0.15) is 18.4 Å². The molecule has 6 nitrogen and oxygen atoms in total. The Balaban J connectivity index is 2.48. The third-order valence-electron chi connectivity index (χ3n) is 4.30. The Labute approximate surface area is 130 Å². The fraction of sp³-hybridized carbons (Fsp3) is 0.533.